The van der Waals surface area contributed by atoms with E-state index in [1.807, 2.05) is 6.92 Å². The first-order chi connectivity index (χ1) is 7.15. The van der Waals surface area contributed by atoms with Crippen LogP contribution < -0.4 is 10.6 Å². The van der Waals surface area contributed by atoms with Gasteiger partial charge in [-0.1, -0.05) is 19.8 Å². The molecule has 0 bridgehead atoms. The lowest BCUT2D eigenvalue weighted by atomic mass is 10.1. The van der Waals surface area contributed by atoms with E-state index in [1.165, 1.54) is 0 Å². The standard InChI is InChI=1S/C11H24N2O2/c1-5-6-7-10(8-15-4)13-9(2)11(14)12-3/h9-10,13H,5-8H2,1-4H3,(H,12,14)/t9-,10?/m1/s1. The summed E-state index contributed by atoms with van der Waals surface area (Å²) in [5.74, 6) is 0.0209. The second kappa shape index (κ2) is 8.68. The topological polar surface area (TPSA) is 50.4 Å². The van der Waals surface area contributed by atoms with Gasteiger partial charge in [0.1, 0.15) is 0 Å². The Kier molecular flexibility index (Phi) is 8.33. The first kappa shape index (κ1) is 14.4. The summed E-state index contributed by atoms with van der Waals surface area (Å²) in [7, 11) is 3.34. The normalized spacial score (nSPS) is 14.7. The lowest BCUT2D eigenvalue weighted by Gasteiger charge is -2.21. The van der Waals surface area contributed by atoms with Gasteiger partial charge in [0.05, 0.1) is 12.6 Å². The van der Waals surface area contributed by atoms with Crippen molar-refractivity contribution < 1.29 is 9.53 Å². The molecule has 0 aliphatic carbocycles. The highest BCUT2D eigenvalue weighted by molar-refractivity contribution is 5.80. The molecular weight excluding hydrogens is 192 g/mol. The number of hydrogen-bond acceptors (Lipinski definition) is 3. The largest absolute Gasteiger partial charge is 0.383 e. The maximum atomic E-state index is 11.3. The minimum Gasteiger partial charge on any atom is -0.383 e. The van der Waals surface area contributed by atoms with Crippen molar-refractivity contribution in [3.8, 4) is 0 Å². The zero-order valence-corrected chi connectivity index (χ0v) is 10.3. The number of nitrogens with one attached hydrogen (secondary N) is 2. The Bertz CT molecular complexity index is 174. The van der Waals surface area contributed by atoms with Crippen molar-refractivity contribution in [3.05, 3.63) is 0 Å². The van der Waals surface area contributed by atoms with E-state index in [2.05, 4.69) is 17.6 Å². The highest BCUT2D eigenvalue weighted by Crippen LogP contribution is 2.02. The third-order valence-electron chi connectivity index (χ3n) is 2.40. The molecule has 0 spiro atoms. The number of hydrogen-bond donors (Lipinski definition) is 2. The first-order valence-corrected chi connectivity index (χ1v) is 5.62. The molecule has 0 heterocycles. The van der Waals surface area contributed by atoms with Crippen molar-refractivity contribution in [1.29, 1.82) is 0 Å². The molecule has 15 heavy (non-hydrogen) atoms. The molecular formula is C11H24N2O2. The number of carbonyl (C=O) groups is 1. The minimum atomic E-state index is -0.160. The zero-order valence-electron chi connectivity index (χ0n) is 10.3. The Morgan fingerprint density at radius 2 is 2.13 bits per heavy atom. The third kappa shape index (κ3) is 6.47. The molecule has 4 heteroatoms. The number of carbonyl (C=O) groups excluding carboxylic acids is 1. The van der Waals surface area contributed by atoms with Gasteiger partial charge < -0.3 is 15.4 Å². The fourth-order valence-corrected chi connectivity index (χ4v) is 1.51. The fourth-order valence-electron chi connectivity index (χ4n) is 1.51. The van der Waals surface area contributed by atoms with E-state index in [0.717, 1.165) is 19.3 Å². The highest BCUT2D eigenvalue weighted by Gasteiger charge is 2.16. The van der Waals surface area contributed by atoms with Crippen LogP contribution in [0.3, 0.4) is 0 Å². The summed E-state index contributed by atoms with van der Waals surface area (Å²) in [6.07, 6.45) is 3.36. The van der Waals surface area contributed by atoms with Gasteiger partial charge in [0.25, 0.3) is 0 Å². The molecule has 0 rings (SSSR count). The average Bonchev–Trinajstić information content (AvgIpc) is 2.24. The summed E-state index contributed by atoms with van der Waals surface area (Å²) in [5, 5.41) is 5.89. The van der Waals surface area contributed by atoms with E-state index >= 15 is 0 Å². The summed E-state index contributed by atoms with van der Waals surface area (Å²) in [4.78, 5) is 11.3. The van der Waals surface area contributed by atoms with Crippen molar-refractivity contribution >= 4 is 5.91 Å². The SMILES string of the molecule is CCCCC(COC)N[C@H](C)C(=O)NC. The van der Waals surface area contributed by atoms with Gasteiger partial charge in [0, 0.05) is 20.2 Å². The van der Waals surface area contributed by atoms with E-state index in [4.69, 9.17) is 4.74 Å². The molecule has 1 amide bonds. The van der Waals surface area contributed by atoms with E-state index in [9.17, 15) is 4.79 Å². The predicted molar refractivity (Wildman–Crippen MR) is 61.9 cm³/mol. The maximum absolute atomic E-state index is 11.3. The van der Waals surface area contributed by atoms with Crippen LogP contribution in [0, 0.1) is 0 Å². The van der Waals surface area contributed by atoms with Crippen molar-refractivity contribution in [2.45, 2.75) is 45.2 Å². The Labute approximate surface area is 92.8 Å². The maximum Gasteiger partial charge on any atom is 0.236 e. The van der Waals surface area contributed by atoms with Gasteiger partial charge in [-0.05, 0) is 13.3 Å². The molecule has 0 aromatic heterocycles. The molecule has 0 aromatic carbocycles. The van der Waals surface area contributed by atoms with Crippen LogP contribution in [0.25, 0.3) is 0 Å². The number of ether oxygens (including phenoxy) is 1. The molecule has 2 atom stereocenters. The molecule has 0 radical (unpaired) electrons. The van der Waals surface area contributed by atoms with Gasteiger partial charge in [-0.2, -0.15) is 0 Å². The predicted octanol–water partition coefficient (Wildman–Crippen LogP) is 0.916. The third-order valence-corrected chi connectivity index (χ3v) is 2.40. The number of rotatable bonds is 8. The lowest BCUT2D eigenvalue weighted by Crippen LogP contribution is -2.47. The molecule has 0 saturated heterocycles. The van der Waals surface area contributed by atoms with Crippen molar-refractivity contribution in [2.75, 3.05) is 20.8 Å². The van der Waals surface area contributed by atoms with Crippen molar-refractivity contribution in [2.24, 2.45) is 0 Å². The summed E-state index contributed by atoms with van der Waals surface area (Å²) >= 11 is 0. The summed E-state index contributed by atoms with van der Waals surface area (Å²) in [6.45, 7) is 4.68. The first-order valence-electron chi connectivity index (χ1n) is 5.62. The van der Waals surface area contributed by atoms with E-state index in [-0.39, 0.29) is 18.0 Å². The zero-order chi connectivity index (χ0) is 11.7. The summed E-state index contributed by atoms with van der Waals surface area (Å²) < 4.78 is 5.12. The van der Waals surface area contributed by atoms with E-state index in [0.29, 0.717) is 6.61 Å². The van der Waals surface area contributed by atoms with Crippen LogP contribution in [0.1, 0.15) is 33.1 Å². The molecule has 0 aliphatic rings. The molecule has 4 nitrogen and oxygen atoms in total. The molecule has 0 aromatic rings. The van der Waals surface area contributed by atoms with Gasteiger partial charge in [-0.15, -0.1) is 0 Å². The number of unbranched alkanes of at least 4 members (excludes halogenated alkanes) is 1. The molecule has 90 valence electrons. The van der Waals surface area contributed by atoms with Crippen LogP contribution in [0.15, 0.2) is 0 Å². The number of amides is 1. The van der Waals surface area contributed by atoms with Gasteiger partial charge in [0.2, 0.25) is 5.91 Å². The van der Waals surface area contributed by atoms with Gasteiger partial charge >= 0.3 is 0 Å². The smallest absolute Gasteiger partial charge is 0.236 e. The lowest BCUT2D eigenvalue weighted by molar-refractivity contribution is -0.122. The number of methoxy groups -OCH3 is 1. The van der Waals surface area contributed by atoms with Crippen LogP contribution in [-0.4, -0.2) is 38.8 Å². The molecule has 0 fully saturated rings. The molecule has 2 N–H and O–H groups in total. The van der Waals surface area contributed by atoms with Crippen molar-refractivity contribution in [3.63, 3.8) is 0 Å². The summed E-state index contributed by atoms with van der Waals surface area (Å²) in [6, 6.07) is 0.106. The van der Waals surface area contributed by atoms with Crippen LogP contribution in [0.2, 0.25) is 0 Å². The molecule has 0 aliphatic heterocycles. The van der Waals surface area contributed by atoms with Gasteiger partial charge in [0.15, 0.2) is 0 Å². The quantitative estimate of drug-likeness (QED) is 0.634. The summed E-state index contributed by atoms with van der Waals surface area (Å²) in [5.41, 5.74) is 0. The van der Waals surface area contributed by atoms with Gasteiger partial charge in [-0.25, -0.2) is 0 Å². The number of likely N-dealkylation sites (N-methyl/N-ethyl adjacent to an activating group) is 1. The van der Waals surface area contributed by atoms with E-state index < -0.39 is 0 Å². The second-order valence-electron chi connectivity index (χ2n) is 3.80. The van der Waals surface area contributed by atoms with Crippen LogP contribution >= 0.6 is 0 Å². The highest BCUT2D eigenvalue weighted by atomic mass is 16.5. The minimum absolute atomic E-state index is 0.0209. The van der Waals surface area contributed by atoms with Crippen LogP contribution in [0.5, 0.6) is 0 Å². The van der Waals surface area contributed by atoms with Crippen LogP contribution in [-0.2, 0) is 9.53 Å². The average molecular weight is 216 g/mol. The molecule has 1 unspecified atom stereocenters. The van der Waals surface area contributed by atoms with Gasteiger partial charge in [-0.3, -0.25) is 4.79 Å². The fraction of sp³-hybridized carbons (Fsp3) is 0.909. The Morgan fingerprint density at radius 1 is 1.47 bits per heavy atom. The second-order valence-corrected chi connectivity index (χ2v) is 3.80. The Morgan fingerprint density at radius 3 is 2.60 bits per heavy atom. The Balaban J connectivity index is 3.96. The van der Waals surface area contributed by atoms with Crippen molar-refractivity contribution in [1.82, 2.24) is 10.6 Å². The Hall–Kier alpha value is -0.610. The van der Waals surface area contributed by atoms with E-state index in [1.54, 1.807) is 14.2 Å². The monoisotopic (exact) mass is 216 g/mol. The van der Waals surface area contributed by atoms with Crippen LogP contribution in [0.4, 0.5) is 0 Å². The molecule has 0 saturated carbocycles.